The lowest BCUT2D eigenvalue weighted by molar-refractivity contribution is -0.140. The maximum Gasteiger partial charge on any atom is 0.315 e. The number of halogens is 1. The Bertz CT molecular complexity index is 590. The molecule has 96 valence electrons. The Labute approximate surface area is 108 Å². The van der Waals surface area contributed by atoms with Gasteiger partial charge in [-0.3, -0.25) is 9.48 Å². The first-order valence-electron chi connectivity index (χ1n) is 5.11. The predicted octanol–water partition coefficient (Wildman–Crippen LogP) is 1.15. The van der Waals surface area contributed by atoms with Crippen LogP contribution in [0.1, 0.15) is 11.6 Å². The quantitative estimate of drug-likeness (QED) is 0.778. The van der Waals surface area contributed by atoms with Crippen LogP contribution in [0.5, 0.6) is 0 Å². The number of aromatic nitrogens is 4. The molecule has 0 aliphatic rings. The Morgan fingerprint density at radius 3 is 2.78 bits per heavy atom. The van der Waals surface area contributed by atoms with Crippen molar-refractivity contribution >= 4 is 17.6 Å². The Kier molecular flexibility index (Phi) is 3.33. The molecule has 0 amide bonds. The molecule has 0 bridgehead atoms. The van der Waals surface area contributed by atoms with Gasteiger partial charge in [0.2, 0.25) is 5.89 Å². The average molecular weight is 271 g/mol. The molecule has 0 N–H and O–H groups in total. The molecule has 0 spiro atoms. The van der Waals surface area contributed by atoms with Crippen LogP contribution >= 0.6 is 11.6 Å². The molecule has 0 aliphatic carbocycles. The number of ether oxygens (including phenoxy) is 1. The van der Waals surface area contributed by atoms with E-state index in [0.717, 1.165) is 5.69 Å². The van der Waals surface area contributed by atoms with Crippen LogP contribution in [-0.2, 0) is 23.0 Å². The maximum absolute atomic E-state index is 11.1. The highest BCUT2D eigenvalue weighted by molar-refractivity contribution is 6.33. The highest BCUT2D eigenvalue weighted by Crippen LogP contribution is 2.28. The molecule has 2 heterocycles. The van der Waals surface area contributed by atoms with Crippen LogP contribution in [0.4, 0.5) is 0 Å². The molecule has 0 unspecified atom stereocenters. The van der Waals surface area contributed by atoms with Crippen LogP contribution in [-0.4, -0.2) is 33.1 Å². The number of rotatable bonds is 3. The van der Waals surface area contributed by atoms with E-state index in [1.54, 1.807) is 11.7 Å². The fourth-order valence-electron chi connectivity index (χ4n) is 1.34. The summed E-state index contributed by atoms with van der Waals surface area (Å²) in [5.41, 5.74) is 1.19. The second-order valence-electron chi connectivity index (χ2n) is 3.63. The van der Waals surface area contributed by atoms with Gasteiger partial charge in [0, 0.05) is 7.05 Å². The molecule has 0 aromatic carbocycles. The summed E-state index contributed by atoms with van der Waals surface area (Å²) < 4.78 is 11.4. The second-order valence-corrected chi connectivity index (χ2v) is 4.00. The molecule has 8 heteroatoms. The minimum absolute atomic E-state index is 0.0765. The molecule has 0 atom stereocenters. The summed E-state index contributed by atoms with van der Waals surface area (Å²) in [4.78, 5) is 11.1. The van der Waals surface area contributed by atoms with E-state index in [9.17, 15) is 4.79 Å². The summed E-state index contributed by atoms with van der Waals surface area (Å²) >= 11 is 6.09. The number of hydrogen-bond donors (Lipinski definition) is 0. The fraction of sp³-hybridized carbons (Fsp3) is 0.400. The van der Waals surface area contributed by atoms with E-state index < -0.39 is 5.97 Å². The summed E-state index contributed by atoms with van der Waals surface area (Å²) in [5.74, 6) is -0.104. The molecule has 0 saturated carbocycles. The van der Waals surface area contributed by atoms with E-state index in [4.69, 9.17) is 16.0 Å². The Hall–Kier alpha value is -1.89. The lowest BCUT2D eigenvalue weighted by Crippen LogP contribution is -2.04. The third kappa shape index (κ3) is 2.21. The zero-order chi connectivity index (χ0) is 13.3. The number of aryl methyl sites for hydroxylation is 1. The first kappa shape index (κ1) is 12.6. The molecule has 0 aliphatic heterocycles. The van der Waals surface area contributed by atoms with Crippen molar-refractivity contribution in [2.24, 2.45) is 7.05 Å². The lowest BCUT2D eigenvalue weighted by atomic mass is 10.3. The van der Waals surface area contributed by atoms with Gasteiger partial charge in [-0.1, -0.05) is 11.6 Å². The van der Waals surface area contributed by atoms with Gasteiger partial charge in [0.25, 0.3) is 5.89 Å². The zero-order valence-corrected chi connectivity index (χ0v) is 10.9. The zero-order valence-electron chi connectivity index (χ0n) is 10.1. The molecule has 0 fully saturated rings. The van der Waals surface area contributed by atoms with Crippen molar-refractivity contribution in [1.82, 2.24) is 20.0 Å². The Morgan fingerprint density at radius 1 is 1.50 bits per heavy atom. The molecule has 7 nitrogen and oxygen atoms in total. The molecule has 18 heavy (non-hydrogen) atoms. The van der Waals surface area contributed by atoms with E-state index in [0.29, 0.717) is 10.7 Å². The summed E-state index contributed by atoms with van der Waals surface area (Å²) in [6.45, 7) is 1.82. The monoisotopic (exact) mass is 270 g/mol. The summed E-state index contributed by atoms with van der Waals surface area (Å²) in [6, 6.07) is 0. The van der Waals surface area contributed by atoms with Crippen molar-refractivity contribution in [2.75, 3.05) is 7.11 Å². The van der Waals surface area contributed by atoms with Crippen molar-refractivity contribution in [3.8, 4) is 11.6 Å². The van der Waals surface area contributed by atoms with Crippen LogP contribution in [0.25, 0.3) is 11.6 Å². The van der Waals surface area contributed by atoms with E-state index in [-0.39, 0.29) is 18.2 Å². The topological polar surface area (TPSA) is 83.0 Å². The van der Waals surface area contributed by atoms with Gasteiger partial charge in [0.15, 0.2) is 5.69 Å². The van der Waals surface area contributed by atoms with Crippen LogP contribution in [0.2, 0.25) is 5.02 Å². The lowest BCUT2D eigenvalue weighted by Gasteiger charge is -1.92. The maximum atomic E-state index is 11.1. The van der Waals surface area contributed by atoms with Crippen LogP contribution < -0.4 is 0 Å². The van der Waals surface area contributed by atoms with Gasteiger partial charge in [0.1, 0.15) is 6.42 Å². The molecule has 0 radical (unpaired) electrons. The van der Waals surface area contributed by atoms with Crippen molar-refractivity contribution in [2.45, 2.75) is 13.3 Å². The van der Waals surface area contributed by atoms with Crippen LogP contribution in [0.15, 0.2) is 4.42 Å². The summed E-state index contributed by atoms with van der Waals surface area (Å²) in [6.07, 6.45) is -0.0765. The number of carbonyl (C=O) groups is 1. The summed E-state index contributed by atoms with van der Waals surface area (Å²) in [5, 5.41) is 12.2. The standard InChI is InChI=1S/C10H11ClN4O3/c1-5-8(11)9(14-15(5)2)10-13-12-6(18-10)4-7(16)17-3/h4H2,1-3H3. The van der Waals surface area contributed by atoms with Crippen LogP contribution in [0, 0.1) is 6.92 Å². The van der Waals surface area contributed by atoms with E-state index >= 15 is 0 Å². The van der Waals surface area contributed by atoms with Crippen molar-refractivity contribution in [3.63, 3.8) is 0 Å². The van der Waals surface area contributed by atoms with Crippen molar-refractivity contribution < 1.29 is 13.9 Å². The number of hydrogen-bond acceptors (Lipinski definition) is 6. The Morgan fingerprint density at radius 2 is 2.22 bits per heavy atom. The highest BCUT2D eigenvalue weighted by Gasteiger charge is 2.19. The first-order valence-corrected chi connectivity index (χ1v) is 5.49. The van der Waals surface area contributed by atoms with Crippen molar-refractivity contribution in [1.29, 1.82) is 0 Å². The fourth-order valence-corrected chi connectivity index (χ4v) is 1.58. The van der Waals surface area contributed by atoms with Gasteiger partial charge in [-0.15, -0.1) is 10.2 Å². The number of esters is 1. The minimum Gasteiger partial charge on any atom is -0.469 e. The van der Waals surface area contributed by atoms with E-state index in [1.165, 1.54) is 7.11 Å². The largest absolute Gasteiger partial charge is 0.469 e. The average Bonchev–Trinajstić information content (AvgIpc) is 2.90. The van der Waals surface area contributed by atoms with Gasteiger partial charge >= 0.3 is 5.97 Å². The Balaban J connectivity index is 2.29. The van der Waals surface area contributed by atoms with E-state index in [2.05, 4.69) is 20.0 Å². The van der Waals surface area contributed by atoms with Gasteiger partial charge in [-0.05, 0) is 6.92 Å². The predicted molar refractivity (Wildman–Crippen MR) is 62.0 cm³/mol. The minimum atomic E-state index is -0.450. The van der Waals surface area contributed by atoms with Crippen molar-refractivity contribution in [3.05, 3.63) is 16.6 Å². The highest BCUT2D eigenvalue weighted by atomic mass is 35.5. The number of carbonyl (C=O) groups excluding carboxylic acids is 1. The third-order valence-electron chi connectivity index (χ3n) is 2.45. The van der Waals surface area contributed by atoms with E-state index in [1.807, 2.05) is 6.92 Å². The van der Waals surface area contributed by atoms with Crippen LogP contribution in [0.3, 0.4) is 0 Å². The molecular weight excluding hydrogens is 260 g/mol. The first-order chi connectivity index (χ1) is 8.52. The van der Waals surface area contributed by atoms with Gasteiger partial charge < -0.3 is 9.15 Å². The molecule has 2 aromatic heterocycles. The second kappa shape index (κ2) is 4.77. The molecule has 2 rings (SSSR count). The third-order valence-corrected chi connectivity index (χ3v) is 2.91. The number of methoxy groups -OCH3 is 1. The smallest absolute Gasteiger partial charge is 0.315 e. The molecule has 0 saturated heterocycles. The molecule has 2 aromatic rings. The molecular formula is C10H11ClN4O3. The van der Waals surface area contributed by atoms with Gasteiger partial charge in [-0.25, -0.2) is 0 Å². The van der Waals surface area contributed by atoms with Gasteiger partial charge in [-0.2, -0.15) is 5.10 Å². The summed E-state index contributed by atoms with van der Waals surface area (Å²) in [7, 11) is 3.05. The SMILES string of the molecule is COC(=O)Cc1nnc(-c2nn(C)c(C)c2Cl)o1. The van der Waals surface area contributed by atoms with Gasteiger partial charge in [0.05, 0.1) is 17.8 Å². The number of nitrogens with zero attached hydrogens (tertiary/aromatic N) is 4. The normalized spacial score (nSPS) is 10.7.